The monoisotopic (exact) mass is 241 g/mol. The number of piperidine rings is 1. The molecule has 0 bridgehead atoms. The second-order valence-corrected chi connectivity index (χ2v) is 5.20. The number of nitrogens with zero attached hydrogens (tertiary/aromatic N) is 2. The Morgan fingerprint density at radius 3 is 2.71 bits per heavy atom. The lowest BCUT2D eigenvalue weighted by Gasteiger charge is -2.37. The van der Waals surface area contributed by atoms with Crippen molar-refractivity contribution < 1.29 is 4.74 Å². The van der Waals surface area contributed by atoms with Crippen molar-refractivity contribution in [2.75, 3.05) is 59.5 Å². The molecule has 0 aromatic carbocycles. The third kappa shape index (κ3) is 4.21. The first-order valence-electron chi connectivity index (χ1n) is 7.09. The highest BCUT2D eigenvalue weighted by atomic mass is 16.5. The smallest absolute Gasteiger partial charge is 0.0594 e. The van der Waals surface area contributed by atoms with Gasteiger partial charge in [0.1, 0.15) is 0 Å². The maximum atomic E-state index is 5.39. The SMILES string of the molecule is CNCC1CCCCN1CCN1CCOCC1. The minimum Gasteiger partial charge on any atom is -0.379 e. The van der Waals surface area contributed by atoms with Gasteiger partial charge in [-0.2, -0.15) is 0 Å². The summed E-state index contributed by atoms with van der Waals surface area (Å²) < 4.78 is 5.39. The molecule has 0 saturated carbocycles. The van der Waals surface area contributed by atoms with Crippen LogP contribution in [0.5, 0.6) is 0 Å². The van der Waals surface area contributed by atoms with Gasteiger partial charge in [-0.15, -0.1) is 0 Å². The third-order valence-electron chi connectivity index (χ3n) is 4.00. The number of hydrogen-bond donors (Lipinski definition) is 1. The maximum absolute atomic E-state index is 5.39. The zero-order valence-corrected chi connectivity index (χ0v) is 11.2. The Balaban J connectivity index is 1.71. The van der Waals surface area contributed by atoms with Gasteiger partial charge in [0.2, 0.25) is 0 Å². The Hall–Kier alpha value is -0.160. The highest BCUT2D eigenvalue weighted by molar-refractivity contribution is 4.79. The van der Waals surface area contributed by atoms with Crippen LogP contribution < -0.4 is 5.32 Å². The molecule has 2 rings (SSSR count). The Morgan fingerprint density at radius 1 is 1.12 bits per heavy atom. The summed E-state index contributed by atoms with van der Waals surface area (Å²) in [5.74, 6) is 0. The second-order valence-electron chi connectivity index (χ2n) is 5.20. The fraction of sp³-hybridized carbons (Fsp3) is 1.00. The highest BCUT2D eigenvalue weighted by Crippen LogP contribution is 2.16. The molecule has 17 heavy (non-hydrogen) atoms. The summed E-state index contributed by atoms with van der Waals surface area (Å²) in [6.07, 6.45) is 4.15. The van der Waals surface area contributed by atoms with Gasteiger partial charge in [-0.1, -0.05) is 6.42 Å². The van der Waals surface area contributed by atoms with Gasteiger partial charge in [0.05, 0.1) is 13.2 Å². The Bertz CT molecular complexity index is 205. The summed E-state index contributed by atoms with van der Waals surface area (Å²) >= 11 is 0. The van der Waals surface area contributed by atoms with E-state index in [1.807, 2.05) is 0 Å². The fourth-order valence-corrected chi connectivity index (χ4v) is 2.92. The van der Waals surface area contributed by atoms with Crippen LogP contribution in [-0.2, 0) is 4.74 Å². The maximum Gasteiger partial charge on any atom is 0.0594 e. The molecule has 1 atom stereocenters. The van der Waals surface area contributed by atoms with E-state index in [-0.39, 0.29) is 0 Å². The molecule has 0 amide bonds. The molecule has 2 aliphatic rings. The number of ether oxygens (including phenoxy) is 1. The van der Waals surface area contributed by atoms with Crippen molar-refractivity contribution in [3.05, 3.63) is 0 Å². The lowest BCUT2D eigenvalue weighted by molar-refractivity contribution is 0.0284. The topological polar surface area (TPSA) is 27.7 Å². The molecule has 2 fully saturated rings. The van der Waals surface area contributed by atoms with Crippen LogP contribution >= 0.6 is 0 Å². The fourth-order valence-electron chi connectivity index (χ4n) is 2.92. The van der Waals surface area contributed by atoms with Gasteiger partial charge in [-0.05, 0) is 26.4 Å². The molecular weight excluding hydrogens is 214 g/mol. The molecule has 1 N–H and O–H groups in total. The molecule has 2 aliphatic heterocycles. The Morgan fingerprint density at radius 2 is 1.94 bits per heavy atom. The zero-order chi connectivity index (χ0) is 11.9. The molecule has 0 aromatic heterocycles. The van der Waals surface area contributed by atoms with Crippen molar-refractivity contribution in [2.24, 2.45) is 0 Å². The molecule has 100 valence electrons. The molecule has 0 spiro atoms. The van der Waals surface area contributed by atoms with Crippen LogP contribution in [0.2, 0.25) is 0 Å². The van der Waals surface area contributed by atoms with E-state index in [2.05, 4.69) is 22.2 Å². The van der Waals surface area contributed by atoms with Gasteiger partial charge < -0.3 is 10.1 Å². The second kappa shape index (κ2) is 7.31. The molecular formula is C13H27N3O. The molecule has 0 radical (unpaired) electrons. The largest absolute Gasteiger partial charge is 0.379 e. The van der Waals surface area contributed by atoms with Gasteiger partial charge in [0.25, 0.3) is 0 Å². The van der Waals surface area contributed by atoms with Gasteiger partial charge in [0.15, 0.2) is 0 Å². The lowest BCUT2D eigenvalue weighted by Crippen LogP contribution is -2.49. The molecule has 2 saturated heterocycles. The van der Waals surface area contributed by atoms with Gasteiger partial charge in [-0.3, -0.25) is 9.80 Å². The minimum atomic E-state index is 0.759. The Labute approximate surface area is 105 Å². The first kappa shape index (κ1) is 13.3. The van der Waals surface area contributed by atoms with E-state index in [0.717, 1.165) is 38.9 Å². The summed E-state index contributed by atoms with van der Waals surface area (Å²) in [5.41, 5.74) is 0. The standard InChI is InChI=1S/C13H27N3O/c1-14-12-13-4-2-3-5-16(13)7-6-15-8-10-17-11-9-15/h13-14H,2-12H2,1H3. The third-order valence-corrected chi connectivity index (χ3v) is 4.00. The summed E-state index contributed by atoms with van der Waals surface area (Å²) in [6, 6.07) is 0.759. The van der Waals surface area contributed by atoms with Crippen LogP contribution in [0.25, 0.3) is 0 Å². The molecule has 1 unspecified atom stereocenters. The average Bonchev–Trinajstić information content (AvgIpc) is 2.39. The molecule has 4 heteroatoms. The van der Waals surface area contributed by atoms with Crippen molar-refractivity contribution >= 4 is 0 Å². The van der Waals surface area contributed by atoms with E-state index in [9.17, 15) is 0 Å². The zero-order valence-electron chi connectivity index (χ0n) is 11.2. The predicted molar refractivity (Wildman–Crippen MR) is 70.4 cm³/mol. The molecule has 0 aliphatic carbocycles. The summed E-state index contributed by atoms with van der Waals surface area (Å²) in [5, 5.41) is 3.33. The van der Waals surface area contributed by atoms with E-state index in [4.69, 9.17) is 4.74 Å². The van der Waals surface area contributed by atoms with E-state index >= 15 is 0 Å². The number of morpholine rings is 1. The first-order valence-corrected chi connectivity index (χ1v) is 7.09. The quantitative estimate of drug-likeness (QED) is 0.754. The van der Waals surface area contributed by atoms with Crippen LogP contribution in [0.3, 0.4) is 0 Å². The van der Waals surface area contributed by atoms with Crippen LogP contribution in [0.4, 0.5) is 0 Å². The molecule has 0 aromatic rings. The van der Waals surface area contributed by atoms with Crippen LogP contribution in [0.15, 0.2) is 0 Å². The van der Waals surface area contributed by atoms with Crippen molar-refractivity contribution in [1.82, 2.24) is 15.1 Å². The summed E-state index contributed by atoms with van der Waals surface area (Å²) in [7, 11) is 2.06. The van der Waals surface area contributed by atoms with E-state index in [0.29, 0.717) is 0 Å². The van der Waals surface area contributed by atoms with Crippen LogP contribution in [-0.4, -0.2) is 75.4 Å². The highest BCUT2D eigenvalue weighted by Gasteiger charge is 2.22. The predicted octanol–water partition coefficient (Wildman–Crippen LogP) is 0.393. The molecule has 2 heterocycles. The Kier molecular flexibility index (Phi) is 5.71. The summed E-state index contributed by atoms with van der Waals surface area (Å²) in [6.45, 7) is 8.94. The van der Waals surface area contributed by atoms with Gasteiger partial charge in [0, 0.05) is 38.8 Å². The van der Waals surface area contributed by atoms with E-state index < -0.39 is 0 Å². The normalized spacial score (nSPS) is 28.4. The van der Waals surface area contributed by atoms with E-state index in [1.165, 1.54) is 38.9 Å². The van der Waals surface area contributed by atoms with Crippen molar-refractivity contribution in [3.8, 4) is 0 Å². The minimum absolute atomic E-state index is 0.759. The average molecular weight is 241 g/mol. The van der Waals surface area contributed by atoms with E-state index in [1.54, 1.807) is 0 Å². The molecule has 4 nitrogen and oxygen atoms in total. The van der Waals surface area contributed by atoms with Crippen molar-refractivity contribution in [1.29, 1.82) is 0 Å². The lowest BCUT2D eigenvalue weighted by atomic mass is 10.0. The van der Waals surface area contributed by atoms with Crippen molar-refractivity contribution in [3.63, 3.8) is 0 Å². The van der Waals surface area contributed by atoms with Gasteiger partial charge in [-0.25, -0.2) is 0 Å². The summed E-state index contributed by atoms with van der Waals surface area (Å²) in [4.78, 5) is 5.21. The number of likely N-dealkylation sites (N-methyl/N-ethyl adjacent to an activating group) is 1. The van der Waals surface area contributed by atoms with Gasteiger partial charge >= 0.3 is 0 Å². The van der Waals surface area contributed by atoms with Crippen molar-refractivity contribution in [2.45, 2.75) is 25.3 Å². The first-order chi connectivity index (χ1) is 8.40. The number of hydrogen-bond acceptors (Lipinski definition) is 4. The number of rotatable bonds is 5. The van der Waals surface area contributed by atoms with Crippen LogP contribution in [0.1, 0.15) is 19.3 Å². The number of likely N-dealkylation sites (tertiary alicyclic amines) is 1. The van der Waals surface area contributed by atoms with Crippen LogP contribution in [0, 0.1) is 0 Å². The number of nitrogens with one attached hydrogen (secondary N) is 1.